The Morgan fingerprint density at radius 3 is 2.64 bits per heavy atom. The third-order valence-electron chi connectivity index (χ3n) is 1.55. The first kappa shape index (κ1) is 8.04. The van der Waals surface area contributed by atoms with Gasteiger partial charge in [-0.15, -0.1) is 0 Å². The molecule has 0 aliphatic carbocycles. The molecule has 0 aliphatic heterocycles. The second-order valence-electron chi connectivity index (χ2n) is 2.70. The first-order valence-electron chi connectivity index (χ1n) is 3.74. The summed E-state index contributed by atoms with van der Waals surface area (Å²) in [5.41, 5.74) is 0.639. The van der Waals surface area contributed by atoms with Crippen LogP contribution in [0.15, 0.2) is 4.52 Å². The van der Waals surface area contributed by atoms with E-state index in [9.17, 15) is 5.11 Å². The van der Waals surface area contributed by atoms with Gasteiger partial charge in [-0.25, -0.2) is 0 Å². The van der Waals surface area contributed by atoms with Crippen LogP contribution in [0.1, 0.15) is 32.5 Å². The predicted octanol–water partition coefficient (Wildman–Crippen LogP) is 0.179. The zero-order valence-electron chi connectivity index (χ0n) is 7.00. The summed E-state index contributed by atoms with van der Waals surface area (Å²) in [4.78, 5) is 0. The van der Waals surface area contributed by atoms with E-state index in [0.717, 1.165) is 0 Å². The topological polar surface area (TPSA) is 53.0 Å². The lowest BCUT2D eigenvalue weighted by atomic mass is 10.3. The van der Waals surface area contributed by atoms with Crippen LogP contribution in [-0.4, -0.2) is 5.27 Å². The Hall–Kier alpha value is -1.06. The average molecular weight is 156 g/mol. The van der Waals surface area contributed by atoms with Gasteiger partial charge in [0.2, 0.25) is 5.69 Å². The second-order valence-corrected chi connectivity index (χ2v) is 2.70. The van der Waals surface area contributed by atoms with Crippen molar-refractivity contribution in [3.8, 4) is 5.95 Å². The molecule has 4 heteroatoms. The van der Waals surface area contributed by atoms with E-state index < -0.39 is 0 Å². The van der Waals surface area contributed by atoms with E-state index in [1.54, 1.807) is 4.68 Å². The largest absolute Gasteiger partial charge is 0.539 e. The van der Waals surface area contributed by atoms with Crippen LogP contribution < -0.4 is 9.79 Å². The Morgan fingerprint density at radius 1 is 1.64 bits per heavy atom. The molecule has 0 fully saturated rings. The molecule has 1 aromatic rings. The summed E-state index contributed by atoms with van der Waals surface area (Å²) >= 11 is 0. The van der Waals surface area contributed by atoms with Crippen LogP contribution in [-0.2, 0) is 6.42 Å². The quantitative estimate of drug-likeness (QED) is 0.574. The Balaban J connectivity index is 3.05. The van der Waals surface area contributed by atoms with Crippen LogP contribution in [0.5, 0.6) is 5.95 Å². The number of aromatic nitrogens is 2. The lowest BCUT2D eigenvalue weighted by Gasteiger charge is -1.95. The third kappa shape index (κ3) is 1.34. The molecule has 1 heterocycles. The van der Waals surface area contributed by atoms with Crippen molar-refractivity contribution in [2.24, 2.45) is 0 Å². The highest BCUT2D eigenvalue weighted by atomic mass is 16.6. The van der Waals surface area contributed by atoms with Crippen molar-refractivity contribution >= 4 is 0 Å². The summed E-state index contributed by atoms with van der Waals surface area (Å²) < 4.78 is 6.12. The van der Waals surface area contributed by atoms with Crippen LogP contribution in [0.2, 0.25) is 0 Å². The second kappa shape index (κ2) is 2.90. The van der Waals surface area contributed by atoms with E-state index in [-0.39, 0.29) is 12.0 Å². The molecule has 1 rings (SSSR count). The fourth-order valence-corrected chi connectivity index (χ4v) is 0.989. The molecular weight excluding hydrogens is 144 g/mol. The molecule has 0 saturated carbocycles. The molecule has 0 unspecified atom stereocenters. The van der Waals surface area contributed by atoms with Crippen LogP contribution in [0.25, 0.3) is 0 Å². The summed E-state index contributed by atoms with van der Waals surface area (Å²) in [6, 6.07) is 0.191. The molecule has 11 heavy (non-hydrogen) atoms. The van der Waals surface area contributed by atoms with Crippen LogP contribution in [0, 0.1) is 0 Å². The molecule has 0 aromatic carbocycles. The van der Waals surface area contributed by atoms with Gasteiger partial charge in [0.25, 0.3) is 0 Å². The molecular formula is C7H12N2O2. The molecule has 0 amide bonds. The summed E-state index contributed by atoms with van der Waals surface area (Å²) in [6.07, 6.45) is 0.667. The van der Waals surface area contributed by atoms with Crippen molar-refractivity contribution < 1.29 is 14.3 Å². The first-order chi connectivity index (χ1) is 5.16. The van der Waals surface area contributed by atoms with E-state index in [0.29, 0.717) is 12.1 Å². The minimum absolute atomic E-state index is 0.191. The summed E-state index contributed by atoms with van der Waals surface area (Å²) in [5.74, 6) is -0.318. The number of rotatable bonds is 2. The zero-order valence-corrected chi connectivity index (χ0v) is 7.00. The normalized spacial score (nSPS) is 10.9. The van der Waals surface area contributed by atoms with Crippen molar-refractivity contribution in [3.63, 3.8) is 0 Å². The van der Waals surface area contributed by atoms with Gasteiger partial charge in [0, 0.05) is 6.42 Å². The standard InChI is InChI=1S/C7H12N2O2/c1-4-6-7(10)11-8-9(6)5(2)3/h5H,4H2,1-3H3. The van der Waals surface area contributed by atoms with Gasteiger partial charge >= 0.3 is 0 Å². The van der Waals surface area contributed by atoms with E-state index in [4.69, 9.17) is 0 Å². The van der Waals surface area contributed by atoms with E-state index in [1.807, 2.05) is 20.8 Å². The van der Waals surface area contributed by atoms with Crippen molar-refractivity contribution in [2.45, 2.75) is 33.2 Å². The molecule has 0 spiro atoms. The van der Waals surface area contributed by atoms with Crippen molar-refractivity contribution in [1.29, 1.82) is 0 Å². The van der Waals surface area contributed by atoms with E-state index in [1.165, 1.54) is 0 Å². The molecule has 0 radical (unpaired) electrons. The van der Waals surface area contributed by atoms with E-state index >= 15 is 0 Å². The molecule has 1 aromatic heterocycles. The summed E-state index contributed by atoms with van der Waals surface area (Å²) in [5, 5.41) is 14.5. The van der Waals surface area contributed by atoms with Gasteiger partial charge < -0.3 is 9.63 Å². The highest BCUT2D eigenvalue weighted by Crippen LogP contribution is 2.08. The third-order valence-corrected chi connectivity index (χ3v) is 1.55. The van der Waals surface area contributed by atoms with Crippen molar-refractivity contribution in [2.75, 3.05) is 0 Å². The maximum absolute atomic E-state index is 10.9. The Kier molecular flexibility index (Phi) is 2.12. The molecule has 62 valence electrons. The molecule has 0 N–H and O–H groups in total. The number of nitrogens with zero attached hydrogens (tertiary/aromatic N) is 2. The Bertz CT molecular complexity index is 243. The fourth-order valence-electron chi connectivity index (χ4n) is 0.989. The minimum Gasteiger partial charge on any atom is -0.539 e. The molecule has 4 nitrogen and oxygen atoms in total. The van der Waals surface area contributed by atoms with Crippen LogP contribution in [0.3, 0.4) is 0 Å². The van der Waals surface area contributed by atoms with E-state index in [2.05, 4.69) is 9.79 Å². The smallest absolute Gasteiger partial charge is 0.233 e. The lowest BCUT2D eigenvalue weighted by Crippen LogP contribution is -2.41. The molecule has 0 saturated heterocycles. The summed E-state index contributed by atoms with van der Waals surface area (Å²) in [6.45, 7) is 5.83. The molecule has 0 aliphatic rings. The number of hydrogen-bond acceptors (Lipinski definition) is 3. The Labute approximate surface area is 65.4 Å². The van der Waals surface area contributed by atoms with Gasteiger partial charge in [-0.2, -0.15) is 0 Å². The SMILES string of the molecule is CCc1c([O-])on[n+]1C(C)C. The van der Waals surface area contributed by atoms with Gasteiger partial charge in [0.05, 0.1) is 5.27 Å². The Morgan fingerprint density at radius 2 is 2.27 bits per heavy atom. The van der Waals surface area contributed by atoms with Crippen LogP contribution >= 0.6 is 0 Å². The van der Waals surface area contributed by atoms with Gasteiger partial charge in [-0.1, -0.05) is 11.6 Å². The van der Waals surface area contributed by atoms with Crippen molar-refractivity contribution in [3.05, 3.63) is 5.69 Å². The van der Waals surface area contributed by atoms with Gasteiger partial charge in [0.15, 0.2) is 12.0 Å². The predicted molar refractivity (Wildman–Crippen MR) is 35.9 cm³/mol. The fraction of sp³-hybridized carbons (Fsp3) is 0.714. The maximum Gasteiger partial charge on any atom is 0.233 e. The maximum atomic E-state index is 10.9. The molecule has 0 bridgehead atoms. The minimum atomic E-state index is -0.318. The van der Waals surface area contributed by atoms with Crippen LogP contribution in [0.4, 0.5) is 0 Å². The highest BCUT2D eigenvalue weighted by molar-refractivity contribution is 5.02. The highest BCUT2D eigenvalue weighted by Gasteiger charge is 2.17. The van der Waals surface area contributed by atoms with Gasteiger partial charge in [0.1, 0.15) is 0 Å². The molecule has 0 atom stereocenters. The van der Waals surface area contributed by atoms with Gasteiger partial charge in [-0.3, -0.25) is 0 Å². The van der Waals surface area contributed by atoms with Gasteiger partial charge in [-0.05, 0) is 13.8 Å². The lowest BCUT2D eigenvalue weighted by molar-refractivity contribution is -0.785. The number of hydrogen-bond donors (Lipinski definition) is 0. The first-order valence-corrected chi connectivity index (χ1v) is 3.74. The zero-order chi connectivity index (χ0) is 8.43. The summed E-state index contributed by atoms with van der Waals surface area (Å²) in [7, 11) is 0. The average Bonchev–Trinajstić information content (AvgIpc) is 2.30. The monoisotopic (exact) mass is 156 g/mol. The van der Waals surface area contributed by atoms with Crippen molar-refractivity contribution in [1.82, 2.24) is 5.27 Å².